The number of rotatable bonds is 12. The molecular formula is C33H35FO3. The molecule has 0 aliphatic heterocycles. The number of aliphatic hydroxyl groups excluding tert-OH is 1. The third-order valence-corrected chi connectivity index (χ3v) is 6.08. The van der Waals surface area contributed by atoms with E-state index in [2.05, 4.69) is 37.8 Å². The lowest BCUT2D eigenvalue weighted by molar-refractivity contribution is -0.137. The number of carbonyl (C=O) groups excluding carboxylic acids is 1. The van der Waals surface area contributed by atoms with Gasteiger partial charge in [-0.15, -0.1) is 0 Å². The lowest BCUT2D eigenvalue weighted by Crippen LogP contribution is -2.04. The number of hydrogen-bond acceptors (Lipinski definition) is 3. The van der Waals surface area contributed by atoms with Gasteiger partial charge in [0.2, 0.25) is 0 Å². The summed E-state index contributed by atoms with van der Waals surface area (Å²) < 4.78 is 20.4. The van der Waals surface area contributed by atoms with Crippen molar-refractivity contribution in [2.75, 3.05) is 13.2 Å². The highest BCUT2D eigenvalue weighted by Crippen LogP contribution is 2.30. The van der Waals surface area contributed by atoms with E-state index in [9.17, 15) is 9.90 Å². The van der Waals surface area contributed by atoms with E-state index in [1.165, 1.54) is 24.8 Å². The van der Waals surface area contributed by atoms with Gasteiger partial charge in [-0.2, -0.15) is 0 Å². The molecule has 0 aliphatic carbocycles. The fourth-order valence-corrected chi connectivity index (χ4v) is 4.01. The molecule has 0 unspecified atom stereocenters. The summed E-state index contributed by atoms with van der Waals surface area (Å²) in [5, 5.41) is 9.18. The van der Waals surface area contributed by atoms with Crippen LogP contribution in [-0.4, -0.2) is 24.3 Å². The lowest BCUT2D eigenvalue weighted by Gasteiger charge is -2.10. The van der Waals surface area contributed by atoms with Gasteiger partial charge in [0.05, 0.1) is 6.61 Å². The fraction of sp³-hybridized carbons (Fsp3) is 0.242. The van der Waals surface area contributed by atoms with Crippen LogP contribution in [-0.2, 0) is 16.0 Å². The van der Waals surface area contributed by atoms with Crippen molar-refractivity contribution < 1.29 is 19.0 Å². The van der Waals surface area contributed by atoms with Crippen molar-refractivity contribution in [3.63, 3.8) is 0 Å². The molecule has 0 atom stereocenters. The minimum atomic E-state index is -0.452. The summed E-state index contributed by atoms with van der Waals surface area (Å²) >= 11 is 0. The SMILES string of the molecule is C=C(C)C(=O)OC/C=C/c1cc(-c2ccc(-c3ccc(CCCCC)cc3)cc2F)ccc1/C=C/CO. The summed E-state index contributed by atoms with van der Waals surface area (Å²) in [6.45, 7) is 7.37. The van der Waals surface area contributed by atoms with Gasteiger partial charge in [0, 0.05) is 11.1 Å². The highest BCUT2D eigenvalue weighted by atomic mass is 19.1. The summed E-state index contributed by atoms with van der Waals surface area (Å²) in [5.41, 5.74) is 6.37. The highest BCUT2D eigenvalue weighted by Gasteiger charge is 2.10. The number of carbonyl (C=O) groups is 1. The van der Waals surface area contributed by atoms with Crippen molar-refractivity contribution in [1.82, 2.24) is 0 Å². The van der Waals surface area contributed by atoms with E-state index in [1.54, 1.807) is 37.3 Å². The van der Waals surface area contributed by atoms with E-state index in [0.29, 0.717) is 11.1 Å². The number of hydrogen-bond donors (Lipinski definition) is 1. The Morgan fingerprint density at radius 3 is 2.30 bits per heavy atom. The molecule has 0 saturated heterocycles. The Morgan fingerprint density at radius 1 is 0.919 bits per heavy atom. The molecule has 192 valence electrons. The molecule has 0 bridgehead atoms. The first-order chi connectivity index (χ1) is 17.9. The average Bonchev–Trinajstić information content (AvgIpc) is 2.90. The minimum absolute atomic E-state index is 0.0864. The van der Waals surface area contributed by atoms with Gasteiger partial charge >= 0.3 is 5.97 Å². The second kappa shape index (κ2) is 14.1. The van der Waals surface area contributed by atoms with Crippen molar-refractivity contribution in [2.45, 2.75) is 39.5 Å². The first kappa shape index (κ1) is 27.8. The largest absolute Gasteiger partial charge is 0.458 e. The highest BCUT2D eigenvalue weighted by molar-refractivity contribution is 5.87. The number of aliphatic hydroxyl groups is 1. The zero-order valence-corrected chi connectivity index (χ0v) is 21.7. The molecule has 0 aliphatic rings. The summed E-state index contributed by atoms with van der Waals surface area (Å²) in [4.78, 5) is 11.6. The Bertz CT molecular complexity index is 1270. The van der Waals surface area contributed by atoms with E-state index in [4.69, 9.17) is 4.74 Å². The first-order valence-electron chi connectivity index (χ1n) is 12.7. The first-order valence-corrected chi connectivity index (χ1v) is 12.7. The van der Waals surface area contributed by atoms with Crippen LogP contribution >= 0.6 is 0 Å². The van der Waals surface area contributed by atoms with Crippen LogP contribution in [0.1, 0.15) is 49.8 Å². The van der Waals surface area contributed by atoms with Crippen LogP contribution in [0.5, 0.6) is 0 Å². The average molecular weight is 499 g/mol. The van der Waals surface area contributed by atoms with Crippen molar-refractivity contribution in [2.24, 2.45) is 0 Å². The summed E-state index contributed by atoms with van der Waals surface area (Å²) in [6.07, 6.45) is 11.7. The van der Waals surface area contributed by atoms with Gasteiger partial charge in [0.25, 0.3) is 0 Å². The third-order valence-electron chi connectivity index (χ3n) is 6.08. The Balaban J connectivity index is 1.82. The molecule has 0 spiro atoms. The number of ether oxygens (including phenoxy) is 1. The van der Waals surface area contributed by atoms with Crippen LogP contribution in [0, 0.1) is 5.82 Å². The third kappa shape index (κ3) is 8.12. The molecule has 1 N–H and O–H groups in total. The molecule has 0 heterocycles. The monoisotopic (exact) mass is 498 g/mol. The zero-order chi connectivity index (χ0) is 26.6. The van der Waals surface area contributed by atoms with E-state index in [-0.39, 0.29) is 19.0 Å². The molecule has 3 rings (SSSR count). The topological polar surface area (TPSA) is 46.5 Å². The zero-order valence-electron chi connectivity index (χ0n) is 21.7. The van der Waals surface area contributed by atoms with Crippen molar-refractivity contribution in [3.05, 3.63) is 107 Å². The maximum absolute atomic E-state index is 15.3. The lowest BCUT2D eigenvalue weighted by atomic mass is 9.95. The number of aryl methyl sites for hydroxylation is 1. The van der Waals surface area contributed by atoms with E-state index < -0.39 is 5.97 Å². The van der Waals surface area contributed by atoms with Crippen molar-refractivity contribution in [3.8, 4) is 22.3 Å². The number of esters is 1. The maximum Gasteiger partial charge on any atom is 0.333 e. The Morgan fingerprint density at radius 2 is 1.62 bits per heavy atom. The Kier molecular flexibility index (Phi) is 10.6. The van der Waals surface area contributed by atoms with Gasteiger partial charge in [0.15, 0.2) is 0 Å². The summed E-state index contributed by atoms with van der Waals surface area (Å²) in [5.74, 6) is -0.749. The van der Waals surface area contributed by atoms with Gasteiger partial charge in [-0.3, -0.25) is 0 Å². The Hall–Kier alpha value is -3.76. The summed E-state index contributed by atoms with van der Waals surface area (Å²) in [7, 11) is 0. The van der Waals surface area contributed by atoms with Crippen molar-refractivity contribution >= 4 is 18.1 Å². The molecule has 0 aromatic heterocycles. The molecule has 0 amide bonds. The summed E-state index contributed by atoms with van der Waals surface area (Å²) in [6, 6.07) is 19.3. The number of unbranched alkanes of at least 4 members (excludes halogenated alkanes) is 2. The smallest absolute Gasteiger partial charge is 0.333 e. The molecule has 4 heteroatoms. The molecule has 3 aromatic rings. The van der Waals surface area contributed by atoms with E-state index >= 15 is 4.39 Å². The molecule has 3 aromatic carbocycles. The fourth-order valence-electron chi connectivity index (χ4n) is 4.01. The quantitative estimate of drug-likeness (QED) is 0.156. The number of halogens is 1. The van der Waals surface area contributed by atoms with Gasteiger partial charge in [-0.05, 0) is 71.4 Å². The normalized spacial score (nSPS) is 11.4. The molecule has 0 saturated carbocycles. The van der Waals surface area contributed by atoms with Crippen LogP contribution in [0.3, 0.4) is 0 Å². The molecule has 37 heavy (non-hydrogen) atoms. The van der Waals surface area contributed by atoms with Crippen molar-refractivity contribution in [1.29, 1.82) is 0 Å². The molecular weight excluding hydrogens is 463 g/mol. The van der Waals surface area contributed by atoms with Gasteiger partial charge in [0.1, 0.15) is 12.4 Å². The Labute approximate surface area is 219 Å². The predicted molar refractivity (Wildman–Crippen MR) is 151 cm³/mol. The van der Waals surface area contributed by atoms with E-state index in [0.717, 1.165) is 34.2 Å². The minimum Gasteiger partial charge on any atom is -0.458 e. The van der Waals surface area contributed by atoms with Gasteiger partial charge in [-0.1, -0.05) is 93.1 Å². The van der Waals surface area contributed by atoms with Crippen LogP contribution in [0.4, 0.5) is 4.39 Å². The molecule has 0 fully saturated rings. The molecule has 0 radical (unpaired) electrons. The maximum atomic E-state index is 15.3. The second-order valence-electron chi connectivity index (χ2n) is 9.06. The van der Waals surface area contributed by atoms with Crippen LogP contribution in [0.2, 0.25) is 0 Å². The second-order valence-corrected chi connectivity index (χ2v) is 9.06. The molecule has 3 nitrogen and oxygen atoms in total. The van der Waals surface area contributed by atoms with Gasteiger partial charge < -0.3 is 9.84 Å². The van der Waals surface area contributed by atoms with Crippen LogP contribution < -0.4 is 0 Å². The van der Waals surface area contributed by atoms with Gasteiger partial charge in [-0.25, -0.2) is 9.18 Å². The standard InChI is InChI=1S/C33H35FO3/c1-4-5-6-9-25-12-14-27(15-13-25)29-18-19-31(32(34)23-29)30-17-16-26(10-7-20-35)28(22-30)11-8-21-37-33(36)24(2)3/h7-8,10-19,22-23,35H,2,4-6,9,20-21H2,1,3H3/b10-7+,11-8+. The predicted octanol–water partition coefficient (Wildman–Crippen LogP) is 8.03. The number of benzene rings is 3. The van der Waals surface area contributed by atoms with Crippen LogP contribution in [0.15, 0.2) is 85.0 Å². The van der Waals surface area contributed by atoms with E-state index in [1.807, 2.05) is 30.3 Å². The van der Waals surface area contributed by atoms with Crippen LogP contribution in [0.25, 0.3) is 34.4 Å².